The largest absolute Gasteiger partial charge is 0.404 e. The minimum Gasteiger partial charge on any atom is -0.339 e. The van der Waals surface area contributed by atoms with Gasteiger partial charge in [-0.15, -0.1) is 0 Å². The lowest BCUT2D eigenvalue weighted by atomic mass is 9.83. The number of halogens is 3. The van der Waals surface area contributed by atoms with Gasteiger partial charge in [-0.3, -0.25) is 14.5 Å². The van der Waals surface area contributed by atoms with E-state index in [4.69, 9.17) is 0 Å². The van der Waals surface area contributed by atoms with Crippen LogP contribution in [0.5, 0.6) is 0 Å². The van der Waals surface area contributed by atoms with Crippen molar-refractivity contribution in [2.24, 2.45) is 11.3 Å². The van der Waals surface area contributed by atoms with Crippen molar-refractivity contribution < 1.29 is 22.8 Å². The lowest BCUT2D eigenvalue weighted by Gasteiger charge is -2.41. The van der Waals surface area contributed by atoms with Crippen LogP contribution in [0.1, 0.15) is 31.2 Å². The van der Waals surface area contributed by atoms with Crippen LogP contribution < -0.4 is 0 Å². The molecule has 3 aliphatic rings. The Bertz CT molecular complexity index is 774. The first-order chi connectivity index (χ1) is 14.3. The summed E-state index contributed by atoms with van der Waals surface area (Å²) in [6.45, 7) is 1.31. The van der Waals surface area contributed by atoms with Gasteiger partial charge in [0.2, 0.25) is 11.8 Å². The normalized spacial score (nSPS) is 26.0. The summed E-state index contributed by atoms with van der Waals surface area (Å²) in [5.41, 5.74) is -1.42. The van der Waals surface area contributed by atoms with E-state index < -0.39 is 17.5 Å². The summed E-state index contributed by atoms with van der Waals surface area (Å²) in [5, 5.41) is 0. The van der Waals surface area contributed by atoms with Crippen LogP contribution in [0, 0.1) is 11.3 Å². The van der Waals surface area contributed by atoms with Crippen molar-refractivity contribution >= 4 is 11.8 Å². The average Bonchev–Trinajstić information content (AvgIpc) is 3.12. The smallest absolute Gasteiger partial charge is 0.339 e. The van der Waals surface area contributed by atoms with Crippen LogP contribution in [0.15, 0.2) is 30.3 Å². The van der Waals surface area contributed by atoms with E-state index in [1.807, 2.05) is 30.3 Å². The molecule has 1 saturated carbocycles. The maximum absolute atomic E-state index is 14.2. The Kier molecular flexibility index (Phi) is 5.79. The number of alkyl halides is 3. The molecule has 0 aromatic heterocycles. The summed E-state index contributed by atoms with van der Waals surface area (Å²) in [4.78, 5) is 30.3. The van der Waals surface area contributed by atoms with Crippen LogP contribution in [0.2, 0.25) is 0 Å². The zero-order valence-corrected chi connectivity index (χ0v) is 17.0. The molecule has 1 aromatic rings. The molecule has 0 radical (unpaired) electrons. The molecule has 1 aliphatic carbocycles. The second-order valence-electron chi connectivity index (χ2n) is 8.77. The Hall–Kier alpha value is -2.09. The highest BCUT2D eigenvalue weighted by molar-refractivity contribution is 5.85. The molecule has 0 N–H and O–H groups in total. The second kappa shape index (κ2) is 8.21. The molecule has 8 heteroatoms. The molecular weight excluding hydrogens is 395 g/mol. The fourth-order valence-corrected chi connectivity index (χ4v) is 4.74. The highest BCUT2D eigenvalue weighted by Gasteiger charge is 2.64. The van der Waals surface area contributed by atoms with Gasteiger partial charge in [-0.05, 0) is 31.4 Å². The van der Waals surface area contributed by atoms with Gasteiger partial charge in [-0.25, -0.2) is 0 Å². The van der Waals surface area contributed by atoms with E-state index >= 15 is 0 Å². The first kappa shape index (κ1) is 21.2. The van der Waals surface area contributed by atoms with Crippen molar-refractivity contribution in [1.29, 1.82) is 0 Å². The molecule has 1 unspecified atom stereocenters. The van der Waals surface area contributed by atoms with Crippen LogP contribution in [0.4, 0.5) is 13.2 Å². The Morgan fingerprint density at radius 1 is 0.967 bits per heavy atom. The van der Waals surface area contributed by atoms with Gasteiger partial charge in [0.25, 0.3) is 0 Å². The standard InChI is InChI=1S/C22H28F3N3O2/c23-22(24,25)21(9-10-26(16-21)15-17-5-2-1-3-6-17)20(30)28-13-11-27(12-14-28)19(29)18-7-4-8-18/h1-3,5-6,18H,4,7-16H2. The van der Waals surface area contributed by atoms with Crippen LogP contribution in [-0.4, -0.2) is 72.0 Å². The van der Waals surface area contributed by atoms with Crippen molar-refractivity contribution in [3.05, 3.63) is 35.9 Å². The van der Waals surface area contributed by atoms with Crippen LogP contribution >= 0.6 is 0 Å². The van der Waals surface area contributed by atoms with E-state index in [0.717, 1.165) is 24.8 Å². The summed E-state index contributed by atoms with van der Waals surface area (Å²) >= 11 is 0. The SMILES string of the molecule is O=C(C1CCC1)N1CCN(C(=O)C2(C(F)(F)F)CCN(Cc3ccccc3)C2)CC1. The third-order valence-electron chi connectivity index (χ3n) is 6.88. The number of benzene rings is 1. The molecule has 3 fully saturated rings. The van der Waals surface area contributed by atoms with Crippen molar-refractivity contribution in [2.75, 3.05) is 39.3 Å². The number of likely N-dealkylation sites (tertiary alicyclic amines) is 1. The maximum Gasteiger partial charge on any atom is 0.404 e. The van der Waals surface area contributed by atoms with Gasteiger partial charge in [-0.1, -0.05) is 36.8 Å². The number of carbonyl (C=O) groups excluding carboxylic acids is 2. The minimum absolute atomic E-state index is 0.0649. The van der Waals surface area contributed by atoms with E-state index in [2.05, 4.69) is 0 Å². The molecule has 4 rings (SSSR count). The van der Waals surface area contributed by atoms with Gasteiger partial charge in [0.1, 0.15) is 0 Å². The molecule has 1 atom stereocenters. The number of nitrogens with zero attached hydrogens (tertiary/aromatic N) is 3. The summed E-state index contributed by atoms with van der Waals surface area (Å²) < 4.78 is 42.5. The molecule has 0 bridgehead atoms. The van der Waals surface area contributed by atoms with Gasteiger partial charge in [0.05, 0.1) is 0 Å². The highest BCUT2D eigenvalue weighted by Crippen LogP contribution is 2.47. The molecule has 164 valence electrons. The van der Waals surface area contributed by atoms with Crippen molar-refractivity contribution in [2.45, 2.75) is 38.4 Å². The Morgan fingerprint density at radius 3 is 2.17 bits per heavy atom. The minimum atomic E-state index is -4.60. The van der Waals surface area contributed by atoms with Crippen molar-refractivity contribution in [3.63, 3.8) is 0 Å². The number of carbonyl (C=O) groups is 2. The highest BCUT2D eigenvalue weighted by atomic mass is 19.4. The number of rotatable bonds is 4. The Labute approximate surface area is 174 Å². The molecule has 30 heavy (non-hydrogen) atoms. The molecule has 2 saturated heterocycles. The first-order valence-corrected chi connectivity index (χ1v) is 10.7. The summed E-state index contributed by atoms with van der Waals surface area (Å²) in [6.07, 6.45) is -1.97. The molecule has 2 amide bonds. The lowest BCUT2D eigenvalue weighted by molar-refractivity contribution is -0.224. The van der Waals surface area contributed by atoms with Gasteiger partial charge < -0.3 is 9.80 Å². The molecular formula is C22H28F3N3O2. The van der Waals surface area contributed by atoms with Gasteiger partial charge >= 0.3 is 6.18 Å². The third kappa shape index (κ3) is 3.94. The predicted molar refractivity (Wildman–Crippen MR) is 105 cm³/mol. The Balaban J connectivity index is 1.41. The molecule has 1 aromatic carbocycles. The number of hydrogen-bond donors (Lipinski definition) is 0. The van der Waals surface area contributed by atoms with Crippen LogP contribution in [-0.2, 0) is 16.1 Å². The maximum atomic E-state index is 14.2. The van der Waals surface area contributed by atoms with Crippen molar-refractivity contribution in [1.82, 2.24) is 14.7 Å². The fraction of sp³-hybridized carbons (Fsp3) is 0.636. The first-order valence-electron chi connectivity index (χ1n) is 10.7. The molecule has 2 aliphatic heterocycles. The van der Waals surface area contributed by atoms with E-state index in [-0.39, 0.29) is 44.4 Å². The number of piperazine rings is 1. The third-order valence-corrected chi connectivity index (χ3v) is 6.88. The van der Waals surface area contributed by atoms with E-state index in [1.54, 1.807) is 9.80 Å². The van der Waals surface area contributed by atoms with E-state index in [0.29, 0.717) is 19.6 Å². The van der Waals surface area contributed by atoms with Crippen LogP contribution in [0.25, 0.3) is 0 Å². The van der Waals surface area contributed by atoms with E-state index in [1.165, 1.54) is 4.90 Å². The average molecular weight is 423 g/mol. The lowest BCUT2D eigenvalue weighted by Crippen LogP contribution is -2.59. The van der Waals surface area contributed by atoms with Gasteiger partial charge in [0.15, 0.2) is 5.41 Å². The predicted octanol–water partition coefficient (Wildman–Crippen LogP) is 2.91. The summed E-state index contributed by atoms with van der Waals surface area (Å²) in [5.74, 6) is -0.676. The monoisotopic (exact) mass is 423 g/mol. The quantitative estimate of drug-likeness (QED) is 0.748. The summed E-state index contributed by atoms with van der Waals surface area (Å²) in [6, 6.07) is 9.35. The van der Waals surface area contributed by atoms with Gasteiger partial charge in [-0.2, -0.15) is 13.2 Å². The zero-order valence-electron chi connectivity index (χ0n) is 17.0. The zero-order chi connectivity index (χ0) is 21.4. The molecule has 2 heterocycles. The Morgan fingerprint density at radius 2 is 1.60 bits per heavy atom. The fourth-order valence-electron chi connectivity index (χ4n) is 4.74. The number of amides is 2. The number of hydrogen-bond acceptors (Lipinski definition) is 3. The molecule has 0 spiro atoms. The van der Waals surface area contributed by atoms with E-state index in [9.17, 15) is 22.8 Å². The van der Waals surface area contributed by atoms with Crippen LogP contribution in [0.3, 0.4) is 0 Å². The topological polar surface area (TPSA) is 43.9 Å². The second-order valence-corrected chi connectivity index (χ2v) is 8.77. The van der Waals surface area contributed by atoms with Gasteiger partial charge in [0, 0.05) is 45.2 Å². The summed E-state index contributed by atoms with van der Waals surface area (Å²) in [7, 11) is 0. The van der Waals surface area contributed by atoms with Crippen molar-refractivity contribution in [3.8, 4) is 0 Å². The molecule has 5 nitrogen and oxygen atoms in total.